The van der Waals surface area contributed by atoms with Crippen LogP contribution in [0.1, 0.15) is 34.2 Å². The largest absolute Gasteiger partial charge is 0.486 e. The molecule has 7 nitrogen and oxygen atoms in total. The summed E-state index contributed by atoms with van der Waals surface area (Å²) in [6.45, 7) is 4.35. The Kier molecular flexibility index (Phi) is 7.95. The van der Waals surface area contributed by atoms with Crippen molar-refractivity contribution in [3.63, 3.8) is 0 Å². The average molecular weight is 487 g/mol. The van der Waals surface area contributed by atoms with Crippen molar-refractivity contribution in [1.82, 2.24) is 14.8 Å². The Balaban J connectivity index is 1.44. The number of aryl methyl sites for hydroxylation is 1. The van der Waals surface area contributed by atoms with E-state index in [2.05, 4.69) is 15.5 Å². The molecule has 0 aliphatic carbocycles. The van der Waals surface area contributed by atoms with Gasteiger partial charge >= 0.3 is 0 Å². The SMILES string of the molecule is CC(=O)c1ccc(NC(=O)CSc2nnc(COc3cccc(C)c3)n2Cc2ccccc2)cc1. The van der Waals surface area contributed by atoms with Crippen molar-refractivity contribution in [3.8, 4) is 5.75 Å². The Labute approximate surface area is 208 Å². The highest BCUT2D eigenvalue weighted by Gasteiger charge is 2.16. The second-order valence-electron chi connectivity index (χ2n) is 8.05. The Bertz CT molecular complexity index is 1300. The summed E-state index contributed by atoms with van der Waals surface area (Å²) in [6.07, 6.45) is 0. The number of Topliss-reactive ketones (excluding diaryl/α,β-unsaturated/α-hetero) is 1. The second kappa shape index (κ2) is 11.5. The van der Waals surface area contributed by atoms with E-state index in [-0.39, 0.29) is 24.1 Å². The van der Waals surface area contributed by atoms with Crippen LogP contribution in [0.15, 0.2) is 84.0 Å². The zero-order valence-electron chi connectivity index (χ0n) is 19.6. The maximum absolute atomic E-state index is 12.5. The smallest absolute Gasteiger partial charge is 0.234 e. The monoisotopic (exact) mass is 486 g/mol. The van der Waals surface area contributed by atoms with Crippen LogP contribution < -0.4 is 10.1 Å². The van der Waals surface area contributed by atoms with Gasteiger partial charge in [-0.3, -0.25) is 14.2 Å². The van der Waals surface area contributed by atoms with Gasteiger partial charge in [-0.25, -0.2) is 0 Å². The van der Waals surface area contributed by atoms with E-state index >= 15 is 0 Å². The molecule has 0 spiro atoms. The van der Waals surface area contributed by atoms with Gasteiger partial charge in [0.2, 0.25) is 5.91 Å². The van der Waals surface area contributed by atoms with Gasteiger partial charge in [0, 0.05) is 11.3 Å². The molecule has 0 aliphatic rings. The van der Waals surface area contributed by atoms with Crippen molar-refractivity contribution < 1.29 is 14.3 Å². The van der Waals surface area contributed by atoms with Crippen LogP contribution >= 0.6 is 11.8 Å². The van der Waals surface area contributed by atoms with Gasteiger partial charge in [0.05, 0.1) is 12.3 Å². The van der Waals surface area contributed by atoms with Gasteiger partial charge < -0.3 is 10.1 Å². The Morgan fingerprint density at radius 1 is 0.971 bits per heavy atom. The van der Waals surface area contributed by atoms with Gasteiger partial charge in [-0.1, -0.05) is 54.2 Å². The lowest BCUT2D eigenvalue weighted by Gasteiger charge is -2.12. The maximum Gasteiger partial charge on any atom is 0.234 e. The number of ether oxygens (including phenoxy) is 1. The minimum atomic E-state index is -0.169. The molecular weight excluding hydrogens is 460 g/mol. The number of benzene rings is 3. The highest BCUT2D eigenvalue weighted by molar-refractivity contribution is 7.99. The zero-order chi connectivity index (χ0) is 24.6. The quantitative estimate of drug-likeness (QED) is 0.247. The standard InChI is InChI=1S/C27H26N4O3S/c1-19-7-6-10-24(15-19)34-17-25-29-30-27(31(25)16-21-8-4-3-5-9-21)35-18-26(33)28-23-13-11-22(12-14-23)20(2)32/h3-15H,16-18H2,1-2H3,(H,28,33). The minimum Gasteiger partial charge on any atom is -0.486 e. The molecule has 1 aromatic heterocycles. The molecule has 0 radical (unpaired) electrons. The fourth-order valence-electron chi connectivity index (χ4n) is 3.43. The van der Waals surface area contributed by atoms with Crippen LogP contribution in [0.25, 0.3) is 0 Å². The number of nitrogens with zero attached hydrogens (tertiary/aromatic N) is 3. The first-order chi connectivity index (χ1) is 17.0. The summed E-state index contributed by atoms with van der Waals surface area (Å²) in [5, 5.41) is 12.2. The lowest BCUT2D eigenvalue weighted by molar-refractivity contribution is -0.113. The van der Waals surface area contributed by atoms with E-state index in [1.807, 2.05) is 66.1 Å². The molecule has 0 saturated carbocycles. The number of ketones is 1. The third kappa shape index (κ3) is 6.80. The van der Waals surface area contributed by atoms with Crippen molar-refractivity contribution >= 4 is 29.1 Å². The first-order valence-corrected chi connectivity index (χ1v) is 12.2. The van der Waals surface area contributed by atoms with Gasteiger partial charge in [0.25, 0.3) is 0 Å². The average Bonchev–Trinajstić information content (AvgIpc) is 3.23. The van der Waals surface area contributed by atoms with Gasteiger partial charge in [0.15, 0.2) is 16.8 Å². The number of anilines is 1. The maximum atomic E-state index is 12.5. The molecule has 0 bridgehead atoms. The van der Waals surface area contributed by atoms with Gasteiger partial charge in [-0.05, 0) is 61.4 Å². The molecule has 1 N–H and O–H groups in total. The first-order valence-electron chi connectivity index (χ1n) is 11.2. The Morgan fingerprint density at radius 2 is 1.74 bits per heavy atom. The van der Waals surface area contributed by atoms with Crippen molar-refractivity contribution in [2.24, 2.45) is 0 Å². The molecule has 4 rings (SSSR count). The van der Waals surface area contributed by atoms with Crippen molar-refractivity contribution in [2.75, 3.05) is 11.1 Å². The number of aromatic nitrogens is 3. The lowest BCUT2D eigenvalue weighted by atomic mass is 10.1. The summed E-state index contributed by atoms with van der Waals surface area (Å²) in [5.74, 6) is 1.43. The highest BCUT2D eigenvalue weighted by Crippen LogP contribution is 2.21. The van der Waals surface area contributed by atoms with E-state index in [4.69, 9.17) is 4.74 Å². The topological polar surface area (TPSA) is 86.1 Å². The number of carbonyl (C=O) groups is 2. The molecule has 0 atom stereocenters. The van der Waals surface area contributed by atoms with Crippen LogP contribution in [0.2, 0.25) is 0 Å². The molecule has 8 heteroatoms. The van der Waals surface area contributed by atoms with E-state index in [0.717, 1.165) is 16.9 Å². The van der Waals surface area contributed by atoms with E-state index in [1.165, 1.54) is 18.7 Å². The molecule has 1 heterocycles. The minimum absolute atomic E-state index is 0.0154. The molecule has 0 unspecified atom stereocenters. The second-order valence-corrected chi connectivity index (χ2v) is 8.99. The molecule has 4 aromatic rings. The Morgan fingerprint density at radius 3 is 2.46 bits per heavy atom. The summed E-state index contributed by atoms with van der Waals surface area (Å²) in [4.78, 5) is 24.0. The van der Waals surface area contributed by atoms with Crippen LogP contribution in [0.3, 0.4) is 0 Å². The van der Waals surface area contributed by atoms with Crippen LogP contribution in [-0.2, 0) is 17.9 Å². The number of thioether (sulfide) groups is 1. The van der Waals surface area contributed by atoms with Crippen LogP contribution in [0.5, 0.6) is 5.75 Å². The van der Waals surface area contributed by atoms with Crippen LogP contribution in [-0.4, -0.2) is 32.2 Å². The van der Waals surface area contributed by atoms with Crippen LogP contribution in [0.4, 0.5) is 5.69 Å². The van der Waals surface area contributed by atoms with Crippen molar-refractivity contribution in [3.05, 3.63) is 101 Å². The van der Waals surface area contributed by atoms with Gasteiger partial charge in [0.1, 0.15) is 12.4 Å². The van der Waals surface area contributed by atoms with Gasteiger partial charge in [-0.15, -0.1) is 10.2 Å². The first kappa shape index (κ1) is 24.2. The van der Waals surface area contributed by atoms with Crippen LogP contribution in [0, 0.1) is 6.92 Å². The fraction of sp³-hybridized carbons (Fsp3) is 0.185. The zero-order valence-corrected chi connectivity index (χ0v) is 20.4. The fourth-order valence-corrected chi connectivity index (χ4v) is 4.18. The molecule has 0 aliphatic heterocycles. The molecule has 178 valence electrons. The molecule has 3 aromatic carbocycles. The summed E-state index contributed by atoms with van der Waals surface area (Å²) in [6, 6.07) is 24.7. The highest BCUT2D eigenvalue weighted by atomic mass is 32.2. The number of amides is 1. The van der Waals surface area contributed by atoms with E-state index in [9.17, 15) is 9.59 Å². The summed E-state index contributed by atoms with van der Waals surface area (Å²) >= 11 is 1.31. The lowest BCUT2D eigenvalue weighted by Crippen LogP contribution is -2.15. The van der Waals surface area contributed by atoms with E-state index in [0.29, 0.717) is 28.8 Å². The van der Waals surface area contributed by atoms with E-state index < -0.39 is 0 Å². The van der Waals surface area contributed by atoms with Crippen molar-refractivity contribution in [2.45, 2.75) is 32.2 Å². The third-order valence-corrected chi connectivity index (χ3v) is 6.21. The summed E-state index contributed by atoms with van der Waals surface area (Å²) < 4.78 is 7.94. The van der Waals surface area contributed by atoms with Crippen molar-refractivity contribution in [1.29, 1.82) is 0 Å². The number of nitrogens with one attached hydrogen (secondary N) is 1. The number of hydrogen-bond acceptors (Lipinski definition) is 6. The summed E-state index contributed by atoms with van der Waals surface area (Å²) in [7, 11) is 0. The Hall–Kier alpha value is -3.91. The predicted octanol–water partition coefficient (Wildman–Crippen LogP) is 5.15. The van der Waals surface area contributed by atoms with Gasteiger partial charge in [-0.2, -0.15) is 0 Å². The molecule has 0 fully saturated rings. The normalized spacial score (nSPS) is 10.7. The summed E-state index contributed by atoms with van der Waals surface area (Å²) in [5.41, 5.74) is 3.46. The molecule has 35 heavy (non-hydrogen) atoms. The predicted molar refractivity (Wildman–Crippen MR) is 137 cm³/mol. The molecule has 1 amide bonds. The number of hydrogen-bond donors (Lipinski definition) is 1. The number of rotatable bonds is 10. The molecular formula is C27H26N4O3S. The molecule has 0 saturated heterocycles. The van der Waals surface area contributed by atoms with E-state index in [1.54, 1.807) is 24.3 Å². The number of carbonyl (C=O) groups excluding carboxylic acids is 2. The third-order valence-electron chi connectivity index (χ3n) is 5.24.